The van der Waals surface area contributed by atoms with E-state index in [0.29, 0.717) is 0 Å². The lowest BCUT2D eigenvalue weighted by Gasteiger charge is -2.07. The van der Waals surface area contributed by atoms with Gasteiger partial charge in [0.15, 0.2) is 0 Å². The van der Waals surface area contributed by atoms with E-state index in [0.717, 1.165) is 23.2 Å². The lowest BCUT2D eigenvalue weighted by Crippen LogP contribution is -1.97. The van der Waals surface area contributed by atoms with Gasteiger partial charge in [0.1, 0.15) is 5.75 Å². The zero-order valence-corrected chi connectivity index (χ0v) is 14.1. The summed E-state index contributed by atoms with van der Waals surface area (Å²) < 4.78 is 8.05. The Hall–Kier alpha value is 0.230. The van der Waals surface area contributed by atoms with Crippen LogP contribution < -0.4 is 4.74 Å². The molecule has 0 radical (unpaired) electrons. The van der Waals surface area contributed by atoms with Gasteiger partial charge in [-0.15, -0.1) is 0 Å². The Balaban J connectivity index is 2.11. The van der Waals surface area contributed by atoms with Crippen molar-refractivity contribution in [3.8, 4) is 5.75 Å². The van der Waals surface area contributed by atoms with Crippen LogP contribution in [0.1, 0.15) is 45.4 Å². The molecular weight excluding hydrogens is 391 g/mol. The molecule has 0 saturated carbocycles. The van der Waals surface area contributed by atoms with Crippen molar-refractivity contribution in [2.75, 3.05) is 6.61 Å². The summed E-state index contributed by atoms with van der Waals surface area (Å²) in [5.41, 5.74) is 0. The molecule has 0 bridgehead atoms. The zero-order valence-electron chi connectivity index (χ0n) is 10.3. The predicted octanol–water partition coefficient (Wildman–Crippen LogP) is 5.79. The minimum atomic E-state index is 0.837. The molecule has 0 atom stereocenters. The standard InChI is InChI=1S/C14H20BrIO/c1-2-3-4-5-6-7-10-17-12-8-9-13(15)14(16)11-12/h8-9,11H,2-7,10H2,1H3. The van der Waals surface area contributed by atoms with Crippen molar-refractivity contribution < 1.29 is 4.74 Å². The van der Waals surface area contributed by atoms with Gasteiger partial charge in [-0.1, -0.05) is 39.0 Å². The van der Waals surface area contributed by atoms with Crippen LogP contribution in [0.4, 0.5) is 0 Å². The van der Waals surface area contributed by atoms with Gasteiger partial charge < -0.3 is 4.74 Å². The summed E-state index contributed by atoms with van der Waals surface area (Å²) in [6, 6.07) is 6.13. The third kappa shape index (κ3) is 6.65. The van der Waals surface area contributed by atoms with Gasteiger partial charge >= 0.3 is 0 Å². The van der Waals surface area contributed by atoms with E-state index in [1.54, 1.807) is 0 Å². The molecule has 0 aliphatic carbocycles. The second kappa shape index (κ2) is 9.20. The number of unbranched alkanes of at least 4 members (excludes halogenated alkanes) is 5. The Kier molecular flexibility index (Phi) is 8.27. The largest absolute Gasteiger partial charge is 0.494 e. The van der Waals surface area contributed by atoms with Crippen molar-refractivity contribution in [1.29, 1.82) is 0 Å². The molecule has 0 aliphatic rings. The van der Waals surface area contributed by atoms with E-state index < -0.39 is 0 Å². The highest BCUT2D eigenvalue weighted by Gasteiger charge is 1.99. The summed E-state index contributed by atoms with van der Waals surface area (Å²) in [7, 11) is 0. The summed E-state index contributed by atoms with van der Waals surface area (Å²) in [4.78, 5) is 0. The smallest absolute Gasteiger partial charge is 0.120 e. The van der Waals surface area contributed by atoms with E-state index in [2.05, 4.69) is 51.5 Å². The highest BCUT2D eigenvalue weighted by molar-refractivity contribution is 14.1. The first-order chi connectivity index (χ1) is 8.24. The van der Waals surface area contributed by atoms with Crippen LogP contribution in [0.2, 0.25) is 0 Å². The third-order valence-corrected chi connectivity index (χ3v) is 4.98. The molecular formula is C14H20BrIO. The molecule has 3 heteroatoms. The first-order valence-electron chi connectivity index (χ1n) is 6.32. The summed E-state index contributed by atoms with van der Waals surface area (Å²) in [6.07, 6.45) is 7.84. The lowest BCUT2D eigenvalue weighted by molar-refractivity contribution is 0.304. The molecule has 1 rings (SSSR count). The van der Waals surface area contributed by atoms with Crippen LogP contribution in [0.3, 0.4) is 0 Å². The van der Waals surface area contributed by atoms with Gasteiger partial charge in [-0.25, -0.2) is 0 Å². The lowest BCUT2D eigenvalue weighted by atomic mass is 10.1. The van der Waals surface area contributed by atoms with Crippen LogP contribution in [-0.2, 0) is 0 Å². The summed E-state index contributed by atoms with van der Waals surface area (Å²) in [5.74, 6) is 0.978. The van der Waals surface area contributed by atoms with Crippen LogP contribution in [0.5, 0.6) is 5.75 Å². The average molecular weight is 411 g/mol. The molecule has 0 N–H and O–H groups in total. The van der Waals surface area contributed by atoms with Gasteiger partial charge in [0, 0.05) is 8.04 Å². The number of hydrogen-bond donors (Lipinski definition) is 0. The summed E-state index contributed by atoms with van der Waals surface area (Å²) in [5, 5.41) is 0. The van der Waals surface area contributed by atoms with Crippen molar-refractivity contribution >= 4 is 38.5 Å². The maximum Gasteiger partial charge on any atom is 0.120 e. The second-order valence-corrected chi connectivity index (χ2v) is 6.21. The molecule has 0 amide bonds. The molecule has 0 aliphatic heterocycles. The maximum atomic E-state index is 5.72. The molecule has 0 unspecified atom stereocenters. The van der Waals surface area contributed by atoms with Gasteiger partial charge in [0.25, 0.3) is 0 Å². The normalized spacial score (nSPS) is 10.5. The average Bonchev–Trinajstić information content (AvgIpc) is 2.32. The molecule has 96 valence electrons. The van der Waals surface area contributed by atoms with Crippen LogP contribution in [0, 0.1) is 3.57 Å². The Labute approximate surface area is 127 Å². The maximum absolute atomic E-state index is 5.72. The molecule has 0 heterocycles. The Morgan fingerprint density at radius 1 is 1.12 bits per heavy atom. The van der Waals surface area contributed by atoms with Gasteiger partial charge in [-0.3, -0.25) is 0 Å². The molecule has 1 nitrogen and oxygen atoms in total. The van der Waals surface area contributed by atoms with E-state index in [1.807, 2.05) is 12.1 Å². The summed E-state index contributed by atoms with van der Waals surface area (Å²) >= 11 is 5.79. The molecule has 1 aromatic rings. The van der Waals surface area contributed by atoms with E-state index in [4.69, 9.17) is 4.74 Å². The second-order valence-electron chi connectivity index (χ2n) is 4.19. The zero-order chi connectivity index (χ0) is 12.5. The minimum Gasteiger partial charge on any atom is -0.494 e. The topological polar surface area (TPSA) is 9.23 Å². The predicted molar refractivity (Wildman–Crippen MR) is 85.7 cm³/mol. The van der Waals surface area contributed by atoms with Gasteiger partial charge in [-0.2, -0.15) is 0 Å². The molecule has 0 aromatic heterocycles. The van der Waals surface area contributed by atoms with Crippen molar-refractivity contribution in [3.63, 3.8) is 0 Å². The van der Waals surface area contributed by atoms with Gasteiger partial charge in [0.05, 0.1) is 6.61 Å². The van der Waals surface area contributed by atoms with Crippen LogP contribution >= 0.6 is 38.5 Å². The van der Waals surface area contributed by atoms with Crippen molar-refractivity contribution in [2.24, 2.45) is 0 Å². The molecule has 0 saturated heterocycles. The third-order valence-electron chi connectivity index (χ3n) is 2.66. The highest BCUT2D eigenvalue weighted by atomic mass is 127. The highest BCUT2D eigenvalue weighted by Crippen LogP contribution is 2.24. The van der Waals surface area contributed by atoms with Crippen LogP contribution in [0.15, 0.2) is 22.7 Å². The first-order valence-corrected chi connectivity index (χ1v) is 8.19. The Morgan fingerprint density at radius 2 is 1.82 bits per heavy atom. The molecule has 0 spiro atoms. The Morgan fingerprint density at radius 3 is 2.53 bits per heavy atom. The fraction of sp³-hybridized carbons (Fsp3) is 0.571. The van der Waals surface area contributed by atoms with Gasteiger partial charge in [0.2, 0.25) is 0 Å². The SMILES string of the molecule is CCCCCCCCOc1ccc(Br)c(I)c1. The molecule has 17 heavy (non-hydrogen) atoms. The van der Waals surface area contributed by atoms with E-state index in [-0.39, 0.29) is 0 Å². The quantitative estimate of drug-likeness (QED) is 0.389. The van der Waals surface area contributed by atoms with E-state index >= 15 is 0 Å². The molecule has 0 fully saturated rings. The summed E-state index contributed by atoms with van der Waals surface area (Å²) in [6.45, 7) is 3.09. The van der Waals surface area contributed by atoms with Crippen LogP contribution in [-0.4, -0.2) is 6.61 Å². The molecule has 1 aromatic carbocycles. The fourth-order valence-corrected chi connectivity index (χ4v) is 2.37. The van der Waals surface area contributed by atoms with Crippen molar-refractivity contribution in [1.82, 2.24) is 0 Å². The Bertz CT molecular complexity index is 328. The van der Waals surface area contributed by atoms with Crippen molar-refractivity contribution in [2.45, 2.75) is 45.4 Å². The van der Waals surface area contributed by atoms with E-state index in [9.17, 15) is 0 Å². The van der Waals surface area contributed by atoms with Crippen LogP contribution in [0.25, 0.3) is 0 Å². The number of ether oxygens (including phenoxy) is 1. The monoisotopic (exact) mass is 410 g/mol. The van der Waals surface area contributed by atoms with Crippen molar-refractivity contribution in [3.05, 3.63) is 26.2 Å². The number of halogens is 2. The van der Waals surface area contributed by atoms with E-state index in [1.165, 1.54) is 35.7 Å². The number of rotatable bonds is 8. The van der Waals surface area contributed by atoms with Gasteiger partial charge in [-0.05, 0) is 63.1 Å². The fourth-order valence-electron chi connectivity index (χ4n) is 1.64. The minimum absolute atomic E-state index is 0.837. The number of hydrogen-bond acceptors (Lipinski definition) is 1. The first kappa shape index (κ1) is 15.3. The number of benzene rings is 1.